The maximum absolute atomic E-state index is 13.3. The lowest BCUT2D eigenvalue weighted by atomic mass is 9.76. The zero-order valence-electron chi connectivity index (χ0n) is 15.8. The Morgan fingerprint density at radius 3 is 2.68 bits per heavy atom. The van der Waals surface area contributed by atoms with Gasteiger partial charge >= 0.3 is 0 Å². The molecule has 28 heavy (non-hydrogen) atoms. The van der Waals surface area contributed by atoms with E-state index in [-0.39, 0.29) is 13.2 Å². The normalized spacial score (nSPS) is 32.1. The number of likely N-dealkylation sites (tertiary alicyclic amines) is 1. The van der Waals surface area contributed by atoms with E-state index in [1.54, 1.807) is 19.1 Å². The predicted molar refractivity (Wildman–Crippen MR) is 101 cm³/mol. The Morgan fingerprint density at radius 1 is 1.32 bits per heavy atom. The molecule has 3 aliphatic rings. The molecule has 0 aromatic heterocycles. The van der Waals surface area contributed by atoms with Crippen LogP contribution in [-0.2, 0) is 24.7 Å². The molecule has 2 fully saturated rings. The van der Waals surface area contributed by atoms with Crippen molar-refractivity contribution in [3.05, 3.63) is 28.3 Å². The first-order chi connectivity index (χ1) is 13.2. The molecular weight excluding hydrogens is 386 g/mol. The molecule has 1 spiro atoms. The predicted octanol–water partition coefficient (Wildman–Crippen LogP) is 0.396. The number of hydrogen-bond acceptors (Lipinski definition) is 6. The fraction of sp³-hybridized carbons (Fsp3) is 0.526. The quantitative estimate of drug-likeness (QED) is 0.623. The standard InChI is InChI=1S/C19H22ClN3O5/c1-8-6-10(20)7-11-14(8)21-18(27)19(11)13-12(15(22-19)9(2)24)16(25)23(17(13)26)4-5-28-3/h6-7,9,12-13,15,22,24H,4-5H2,1-3H3,(H,21,27)/t9-,12+,13-,15+,19+/m1/s1. The van der Waals surface area contributed by atoms with Gasteiger partial charge < -0.3 is 15.2 Å². The van der Waals surface area contributed by atoms with Crippen LogP contribution in [0.25, 0.3) is 0 Å². The van der Waals surface area contributed by atoms with Crippen LogP contribution in [0.1, 0.15) is 18.1 Å². The number of halogens is 1. The molecule has 2 saturated heterocycles. The van der Waals surface area contributed by atoms with Crippen molar-refractivity contribution in [2.45, 2.75) is 31.5 Å². The van der Waals surface area contributed by atoms with Gasteiger partial charge in [-0.05, 0) is 31.5 Å². The van der Waals surface area contributed by atoms with Gasteiger partial charge in [-0.1, -0.05) is 11.6 Å². The molecule has 0 radical (unpaired) electrons. The number of aliphatic hydroxyl groups excluding tert-OH is 1. The topological polar surface area (TPSA) is 108 Å². The van der Waals surface area contributed by atoms with Crippen LogP contribution < -0.4 is 10.6 Å². The summed E-state index contributed by atoms with van der Waals surface area (Å²) in [5.41, 5.74) is 0.434. The number of aryl methyl sites for hydroxylation is 1. The number of imide groups is 1. The van der Waals surface area contributed by atoms with E-state index in [1.807, 2.05) is 6.92 Å². The minimum atomic E-state index is -1.45. The molecule has 5 atom stereocenters. The summed E-state index contributed by atoms with van der Waals surface area (Å²) < 4.78 is 5.01. The van der Waals surface area contributed by atoms with Gasteiger partial charge in [0.15, 0.2) is 0 Å². The van der Waals surface area contributed by atoms with Crippen molar-refractivity contribution in [3.8, 4) is 0 Å². The Labute approximate surface area is 167 Å². The molecule has 3 aliphatic heterocycles. The number of benzene rings is 1. The molecule has 0 unspecified atom stereocenters. The van der Waals surface area contributed by atoms with Crippen molar-refractivity contribution in [2.75, 3.05) is 25.6 Å². The highest BCUT2D eigenvalue weighted by atomic mass is 35.5. The minimum absolute atomic E-state index is 0.104. The van der Waals surface area contributed by atoms with Crippen molar-refractivity contribution in [1.82, 2.24) is 10.2 Å². The number of aliphatic hydroxyl groups is 1. The smallest absolute Gasteiger partial charge is 0.250 e. The van der Waals surface area contributed by atoms with E-state index in [0.717, 1.165) is 10.5 Å². The Balaban J connectivity index is 1.89. The summed E-state index contributed by atoms with van der Waals surface area (Å²) in [6.07, 6.45) is -0.942. The number of rotatable bonds is 4. The van der Waals surface area contributed by atoms with E-state index < -0.39 is 47.2 Å². The van der Waals surface area contributed by atoms with Crippen molar-refractivity contribution in [2.24, 2.45) is 11.8 Å². The van der Waals surface area contributed by atoms with Gasteiger partial charge in [-0.3, -0.25) is 24.6 Å². The first-order valence-electron chi connectivity index (χ1n) is 9.16. The van der Waals surface area contributed by atoms with Crippen molar-refractivity contribution < 1.29 is 24.2 Å². The zero-order chi connectivity index (χ0) is 20.4. The summed E-state index contributed by atoms with van der Waals surface area (Å²) in [6, 6.07) is 2.63. The maximum Gasteiger partial charge on any atom is 0.250 e. The molecule has 1 aromatic rings. The summed E-state index contributed by atoms with van der Waals surface area (Å²) >= 11 is 6.25. The highest BCUT2D eigenvalue weighted by molar-refractivity contribution is 6.31. The second kappa shape index (κ2) is 6.52. The molecule has 8 nitrogen and oxygen atoms in total. The van der Waals surface area contributed by atoms with E-state index in [0.29, 0.717) is 16.3 Å². The van der Waals surface area contributed by atoms with E-state index in [2.05, 4.69) is 10.6 Å². The van der Waals surface area contributed by atoms with Crippen LogP contribution in [0.3, 0.4) is 0 Å². The fourth-order valence-electron chi connectivity index (χ4n) is 4.84. The van der Waals surface area contributed by atoms with Gasteiger partial charge in [0, 0.05) is 29.4 Å². The summed E-state index contributed by atoms with van der Waals surface area (Å²) in [4.78, 5) is 40.7. The molecule has 3 amide bonds. The van der Waals surface area contributed by atoms with E-state index in [1.165, 1.54) is 7.11 Å². The minimum Gasteiger partial charge on any atom is -0.392 e. The highest BCUT2D eigenvalue weighted by Gasteiger charge is 2.71. The van der Waals surface area contributed by atoms with Gasteiger partial charge in [0.25, 0.3) is 0 Å². The second-order valence-electron chi connectivity index (χ2n) is 7.64. The lowest BCUT2D eigenvalue weighted by molar-refractivity contribution is -0.143. The number of amides is 3. The van der Waals surface area contributed by atoms with Crippen LogP contribution >= 0.6 is 11.6 Å². The van der Waals surface area contributed by atoms with E-state index >= 15 is 0 Å². The van der Waals surface area contributed by atoms with Gasteiger partial charge in [0.1, 0.15) is 5.54 Å². The monoisotopic (exact) mass is 407 g/mol. The molecule has 0 aliphatic carbocycles. The van der Waals surface area contributed by atoms with Gasteiger partial charge in [0.2, 0.25) is 17.7 Å². The van der Waals surface area contributed by atoms with Crippen LogP contribution in [0.2, 0.25) is 5.02 Å². The van der Waals surface area contributed by atoms with Gasteiger partial charge in [-0.2, -0.15) is 0 Å². The summed E-state index contributed by atoms with van der Waals surface area (Å²) in [5.74, 6) is -3.07. The number of anilines is 1. The third-order valence-electron chi connectivity index (χ3n) is 6.05. The molecule has 0 bridgehead atoms. The third kappa shape index (κ3) is 2.38. The average Bonchev–Trinajstić information content (AvgIpc) is 3.21. The van der Waals surface area contributed by atoms with E-state index in [4.69, 9.17) is 16.3 Å². The molecular formula is C19H22ClN3O5. The van der Waals surface area contributed by atoms with Crippen LogP contribution in [0.5, 0.6) is 0 Å². The summed E-state index contributed by atoms with van der Waals surface area (Å²) in [7, 11) is 1.49. The Hall–Kier alpha value is -2.00. The number of methoxy groups -OCH3 is 1. The van der Waals surface area contributed by atoms with E-state index in [9.17, 15) is 19.5 Å². The van der Waals surface area contributed by atoms with Crippen LogP contribution in [0.4, 0.5) is 5.69 Å². The van der Waals surface area contributed by atoms with Crippen LogP contribution in [-0.4, -0.2) is 60.1 Å². The molecule has 0 saturated carbocycles. The van der Waals surface area contributed by atoms with Crippen molar-refractivity contribution in [3.63, 3.8) is 0 Å². The Bertz CT molecular complexity index is 889. The van der Waals surface area contributed by atoms with Gasteiger partial charge in [-0.25, -0.2) is 0 Å². The lowest BCUT2D eigenvalue weighted by Crippen LogP contribution is -2.55. The number of fused-ring (bicyclic) bond motifs is 4. The Morgan fingerprint density at radius 2 is 2.04 bits per heavy atom. The summed E-state index contributed by atoms with van der Waals surface area (Å²) in [5, 5.41) is 16.7. The molecule has 9 heteroatoms. The fourth-order valence-corrected chi connectivity index (χ4v) is 5.11. The molecule has 3 heterocycles. The molecule has 4 rings (SSSR count). The van der Waals surface area contributed by atoms with Crippen LogP contribution in [0.15, 0.2) is 12.1 Å². The summed E-state index contributed by atoms with van der Waals surface area (Å²) in [6.45, 7) is 3.66. The largest absolute Gasteiger partial charge is 0.392 e. The van der Waals surface area contributed by atoms with Crippen molar-refractivity contribution in [1.29, 1.82) is 0 Å². The third-order valence-corrected chi connectivity index (χ3v) is 6.27. The highest BCUT2D eigenvalue weighted by Crippen LogP contribution is 2.54. The van der Waals surface area contributed by atoms with Gasteiger partial charge in [0.05, 0.1) is 31.1 Å². The number of nitrogens with zero attached hydrogens (tertiary/aromatic N) is 1. The average molecular weight is 408 g/mol. The zero-order valence-corrected chi connectivity index (χ0v) is 16.5. The number of carbonyl (C=O) groups is 3. The maximum atomic E-state index is 13.3. The second-order valence-corrected chi connectivity index (χ2v) is 8.08. The van der Waals surface area contributed by atoms with Crippen molar-refractivity contribution >= 4 is 35.0 Å². The number of hydrogen-bond donors (Lipinski definition) is 3. The molecule has 150 valence electrons. The molecule has 3 N–H and O–H groups in total. The van der Waals surface area contributed by atoms with Gasteiger partial charge in [-0.15, -0.1) is 0 Å². The van der Waals surface area contributed by atoms with Crippen LogP contribution in [0, 0.1) is 18.8 Å². The number of ether oxygens (including phenoxy) is 1. The first-order valence-corrected chi connectivity index (χ1v) is 9.53. The Kier molecular flexibility index (Phi) is 4.50. The molecule has 1 aromatic carbocycles. The lowest BCUT2D eigenvalue weighted by Gasteiger charge is -2.30. The SMILES string of the molecule is COCCN1C(=O)[C@@H]2[C@H]([C@@H](C)O)N[C@]3(C(=O)Nc4c(C)cc(Cl)cc43)[C@H]2C1=O. The first kappa shape index (κ1) is 19.3. The number of carbonyl (C=O) groups excluding carboxylic acids is 3. The number of nitrogens with one attached hydrogen (secondary N) is 2.